The molecule has 0 aromatic heterocycles. The average Bonchev–Trinajstić information content (AvgIpc) is 3.60. The highest BCUT2D eigenvalue weighted by Gasteiger charge is 2.42. The first-order chi connectivity index (χ1) is 27.3. The molecule has 0 N–H and O–H groups in total. The Hall–Kier alpha value is -6.50. The highest BCUT2D eigenvalue weighted by molar-refractivity contribution is 6.25. The van der Waals surface area contributed by atoms with E-state index in [0.717, 1.165) is 0 Å². The van der Waals surface area contributed by atoms with Crippen molar-refractivity contribution in [2.45, 2.75) is 38.5 Å². The molecule has 0 radical (unpaired) electrons. The van der Waals surface area contributed by atoms with Gasteiger partial charge in [-0.1, -0.05) is 173 Å². The van der Waals surface area contributed by atoms with Crippen molar-refractivity contribution >= 4 is 53.9 Å². The van der Waals surface area contributed by atoms with Crippen molar-refractivity contribution < 1.29 is 0 Å². The Morgan fingerprint density at radius 3 is 1.43 bits per heavy atom. The topological polar surface area (TPSA) is 0 Å². The summed E-state index contributed by atoms with van der Waals surface area (Å²) in [5.74, 6) is 0. The molecule has 12 rings (SSSR count). The number of rotatable bonds is 2. The van der Waals surface area contributed by atoms with Crippen molar-refractivity contribution in [1.29, 1.82) is 0 Å². The van der Waals surface area contributed by atoms with Crippen LogP contribution in [0.2, 0.25) is 0 Å². The van der Waals surface area contributed by atoms with Crippen LogP contribution in [0.25, 0.3) is 98.4 Å². The van der Waals surface area contributed by atoms with Crippen molar-refractivity contribution in [3.8, 4) is 44.5 Å². The molecule has 10 aromatic rings. The summed E-state index contributed by atoms with van der Waals surface area (Å²) < 4.78 is 0. The van der Waals surface area contributed by atoms with E-state index < -0.39 is 0 Å². The van der Waals surface area contributed by atoms with Crippen LogP contribution in [0.5, 0.6) is 0 Å². The molecule has 0 spiro atoms. The Morgan fingerprint density at radius 1 is 0.268 bits per heavy atom. The van der Waals surface area contributed by atoms with Gasteiger partial charge in [-0.2, -0.15) is 0 Å². The maximum absolute atomic E-state index is 2.57. The van der Waals surface area contributed by atoms with E-state index >= 15 is 0 Å². The zero-order chi connectivity index (χ0) is 37.5. The van der Waals surface area contributed by atoms with Crippen molar-refractivity contribution in [3.05, 3.63) is 192 Å². The summed E-state index contributed by atoms with van der Waals surface area (Å²) in [5.41, 5.74) is 16.2. The van der Waals surface area contributed by atoms with Gasteiger partial charge >= 0.3 is 0 Å². The van der Waals surface area contributed by atoms with Gasteiger partial charge in [-0.05, 0) is 145 Å². The first-order valence-electron chi connectivity index (χ1n) is 20.0. The van der Waals surface area contributed by atoms with Crippen molar-refractivity contribution in [3.63, 3.8) is 0 Å². The second-order valence-electron chi connectivity index (χ2n) is 17.2. The van der Waals surface area contributed by atoms with Crippen LogP contribution in [0, 0.1) is 0 Å². The first-order valence-corrected chi connectivity index (χ1v) is 20.0. The van der Waals surface area contributed by atoms with Gasteiger partial charge in [-0.15, -0.1) is 0 Å². The lowest BCUT2D eigenvalue weighted by atomic mass is 9.78. The van der Waals surface area contributed by atoms with Crippen LogP contribution in [-0.2, 0) is 10.8 Å². The summed E-state index contributed by atoms with van der Waals surface area (Å²) >= 11 is 0. The Bertz CT molecular complexity index is 3300. The summed E-state index contributed by atoms with van der Waals surface area (Å²) in [6.45, 7) is 9.67. The number of hydrogen-bond donors (Lipinski definition) is 0. The fourth-order valence-corrected chi connectivity index (χ4v) is 10.9. The molecule has 0 aliphatic heterocycles. The number of fused-ring (bicyclic) bond motifs is 13. The predicted octanol–water partition coefficient (Wildman–Crippen LogP) is 15.4. The van der Waals surface area contributed by atoms with Crippen LogP contribution in [0.4, 0.5) is 0 Å². The standard InChI is InChI=1S/C56H40/c1-55(2)48-24-14-13-18-38(48)45-30-50-47(32-49(45)55)54-39-19-8-7-17-37(39)46(31-51(54)56(50,3)4)53-42-22-11-9-20-40(42)52(41-21-10-12-23-43(41)53)35-28-27-34-26-25-33-15-5-6-16-36(33)44(34)29-35/h5-32H,1-4H3. The van der Waals surface area contributed by atoms with E-state index in [1.54, 1.807) is 0 Å². The molecule has 264 valence electrons. The van der Waals surface area contributed by atoms with Crippen LogP contribution in [0.15, 0.2) is 170 Å². The molecule has 0 atom stereocenters. The second-order valence-corrected chi connectivity index (χ2v) is 17.2. The fourth-order valence-electron chi connectivity index (χ4n) is 10.9. The molecule has 0 saturated carbocycles. The minimum Gasteiger partial charge on any atom is -0.0619 e. The van der Waals surface area contributed by atoms with E-state index in [1.165, 1.54) is 121 Å². The normalized spacial score (nSPS) is 14.7. The third-order valence-corrected chi connectivity index (χ3v) is 13.6. The van der Waals surface area contributed by atoms with E-state index in [9.17, 15) is 0 Å². The third kappa shape index (κ3) is 4.09. The number of benzene rings is 10. The molecule has 56 heavy (non-hydrogen) atoms. The molecule has 0 nitrogen and oxygen atoms in total. The summed E-state index contributed by atoms with van der Waals surface area (Å²) in [6.07, 6.45) is 0. The van der Waals surface area contributed by atoms with Gasteiger partial charge in [0.25, 0.3) is 0 Å². The quantitative estimate of drug-likeness (QED) is 0.124. The van der Waals surface area contributed by atoms with Gasteiger partial charge in [-0.25, -0.2) is 0 Å². The van der Waals surface area contributed by atoms with Gasteiger partial charge in [0.05, 0.1) is 0 Å². The zero-order valence-electron chi connectivity index (χ0n) is 32.2. The third-order valence-electron chi connectivity index (χ3n) is 13.6. The molecule has 0 fully saturated rings. The van der Waals surface area contributed by atoms with Crippen molar-refractivity contribution in [1.82, 2.24) is 0 Å². The second kappa shape index (κ2) is 11.1. The lowest BCUT2D eigenvalue weighted by Crippen LogP contribution is -2.17. The van der Waals surface area contributed by atoms with Crippen LogP contribution < -0.4 is 0 Å². The average molecular weight is 713 g/mol. The van der Waals surface area contributed by atoms with Crippen molar-refractivity contribution in [2.75, 3.05) is 0 Å². The highest BCUT2D eigenvalue weighted by atomic mass is 14.5. The molecule has 2 aliphatic carbocycles. The van der Waals surface area contributed by atoms with Gasteiger partial charge in [0.1, 0.15) is 0 Å². The Morgan fingerprint density at radius 2 is 0.732 bits per heavy atom. The summed E-state index contributed by atoms with van der Waals surface area (Å²) in [5, 5.41) is 12.9. The molecule has 0 heterocycles. The summed E-state index contributed by atoms with van der Waals surface area (Å²) in [6, 6.07) is 64.4. The molecular weight excluding hydrogens is 673 g/mol. The molecule has 2 aliphatic rings. The molecular formula is C56H40. The maximum Gasteiger partial charge on any atom is 0.0159 e. The monoisotopic (exact) mass is 712 g/mol. The van der Waals surface area contributed by atoms with Crippen molar-refractivity contribution in [2.24, 2.45) is 0 Å². The van der Waals surface area contributed by atoms with Gasteiger partial charge in [0, 0.05) is 10.8 Å². The van der Waals surface area contributed by atoms with Crippen LogP contribution >= 0.6 is 0 Å². The molecule has 10 aromatic carbocycles. The van der Waals surface area contributed by atoms with E-state index in [1.807, 2.05) is 0 Å². The molecule has 0 amide bonds. The van der Waals surface area contributed by atoms with Crippen LogP contribution in [0.1, 0.15) is 49.9 Å². The highest BCUT2D eigenvalue weighted by Crippen LogP contribution is 2.59. The minimum absolute atomic E-state index is 0.0543. The lowest BCUT2D eigenvalue weighted by molar-refractivity contribution is 0.652. The summed E-state index contributed by atoms with van der Waals surface area (Å²) in [4.78, 5) is 0. The van der Waals surface area contributed by atoms with Crippen LogP contribution in [-0.4, -0.2) is 0 Å². The molecule has 0 bridgehead atoms. The van der Waals surface area contributed by atoms with E-state index in [4.69, 9.17) is 0 Å². The Kier molecular flexibility index (Phi) is 6.28. The predicted molar refractivity (Wildman–Crippen MR) is 240 cm³/mol. The minimum atomic E-state index is -0.181. The van der Waals surface area contributed by atoms with Gasteiger partial charge in [-0.3, -0.25) is 0 Å². The maximum atomic E-state index is 2.57. The fraction of sp³-hybridized carbons (Fsp3) is 0.107. The Balaban J connectivity index is 1.15. The molecule has 0 saturated heterocycles. The van der Waals surface area contributed by atoms with E-state index in [0.29, 0.717) is 0 Å². The molecule has 0 unspecified atom stereocenters. The first kappa shape index (κ1) is 31.8. The van der Waals surface area contributed by atoms with Gasteiger partial charge in [0.2, 0.25) is 0 Å². The van der Waals surface area contributed by atoms with E-state index in [2.05, 4.69) is 198 Å². The smallest absolute Gasteiger partial charge is 0.0159 e. The van der Waals surface area contributed by atoms with Gasteiger partial charge < -0.3 is 0 Å². The largest absolute Gasteiger partial charge is 0.0619 e. The lowest BCUT2D eigenvalue weighted by Gasteiger charge is -2.25. The van der Waals surface area contributed by atoms with Crippen LogP contribution in [0.3, 0.4) is 0 Å². The van der Waals surface area contributed by atoms with Gasteiger partial charge in [0.15, 0.2) is 0 Å². The summed E-state index contributed by atoms with van der Waals surface area (Å²) in [7, 11) is 0. The van der Waals surface area contributed by atoms with E-state index in [-0.39, 0.29) is 10.8 Å². The zero-order valence-corrected chi connectivity index (χ0v) is 32.2. The SMILES string of the molecule is CC1(C)c2ccccc2-c2cc3c(cc21)-c1c(cc(-c2c4ccccc4c(-c4ccc5ccc6ccccc6c5c4)c4ccccc24)c2ccccc12)C3(C)C. The number of hydrogen-bond acceptors (Lipinski definition) is 0. The molecule has 0 heteroatoms. The Labute approximate surface area is 327 Å².